The van der Waals surface area contributed by atoms with E-state index in [0.717, 1.165) is 26.1 Å². The van der Waals surface area contributed by atoms with Gasteiger partial charge in [-0.2, -0.15) is 0 Å². The second-order valence-corrected chi connectivity index (χ2v) is 5.23. The minimum absolute atomic E-state index is 0.249. The average Bonchev–Trinajstić information content (AvgIpc) is 2.29. The fourth-order valence-corrected chi connectivity index (χ4v) is 2.22. The first-order chi connectivity index (χ1) is 7.57. The molecule has 0 saturated carbocycles. The van der Waals surface area contributed by atoms with Gasteiger partial charge in [-0.15, -0.1) is 0 Å². The molecule has 1 aromatic rings. The molecule has 2 heteroatoms. The molecule has 1 aliphatic heterocycles. The van der Waals surface area contributed by atoms with E-state index >= 15 is 0 Å². The number of nitrogens with two attached hydrogens (primary N) is 1. The number of hydrogen-bond acceptors (Lipinski definition) is 2. The fourth-order valence-electron chi connectivity index (χ4n) is 2.22. The molecule has 0 bridgehead atoms. The summed E-state index contributed by atoms with van der Waals surface area (Å²) in [5, 5.41) is 0. The van der Waals surface area contributed by atoms with Crippen LogP contribution in [0.3, 0.4) is 0 Å². The topological polar surface area (TPSA) is 35.2 Å². The van der Waals surface area contributed by atoms with Gasteiger partial charge in [0.1, 0.15) is 0 Å². The lowest BCUT2D eigenvalue weighted by Gasteiger charge is -2.25. The second-order valence-electron chi connectivity index (χ2n) is 5.23. The summed E-state index contributed by atoms with van der Waals surface area (Å²) in [6.45, 7) is 5.88. The molecule has 0 spiro atoms. The second kappa shape index (κ2) is 4.56. The van der Waals surface area contributed by atoms with Crippen molar-refractivity contribution in [3.8, 4) is 0 Å². The Labute approximate surface area is 97.8 Å². The molecular weight excluding hydrogens is 198 g/mol. The van der Waals surface area contributed by atoms with E-state index in [1.54, 1.807) is 0 Å². The molecule has 16 heavy (non-hydrogen) atoms. The Balaban J connectivity index is 2.21. The number of benzene rings is 1. The van der Waals surface area contributed by atoms with Crippen molar-refractivity contribution in [2.75, 3.05) is 13.2 Å². The molecule has 1 heterocycles. The largest absolute Gasteiger partial charge is 0.381 e. The van der Waals surface area contributed by atoms with Crippen LogP contribution in [0.5, 0.6) is 0 Å². The monoisotopic (exact) mass is 219 g/mol. The summed E-state index contributed by atoms with van der Waals surface area (Å²) >= 11 is 0. The summed E-state index contributed by atoms with van der Waals surface area (Å²) < 4.78 is 5.39. The summed E-state index contributed by atoms with van der Waals surface area (Å²) in [6.07, 6.45) is 2.27. The Hall–Kier alpha value is -0.860. The van der Waals surface area contributed by atoms with Crippen molar-refractivity contribution in [1.82, 2.24) is 0 Å². The van der Waals surface area contributed by atoms with Gasteiger partial charge in [-0.25, -0.2) is 0 Å². The van der Waals surface area contributed by atoms with Crippen LogP contribution in [0.1, 0.15) is 43.7 Å². The van der Waals surface area contributed by atoms with E-state index in [-0.39, 0.29) is 5.54 Å². The van der Waals surface area contributed by atoms with Crippen molar-refractivity contribution < 1.29 is 4.74 Å². The third kappa shape index (κ3) is 2.63. The zero-order valence-corrected chi connectivity index (χ0v) is 10.2. The predicted molar refractivity (Wildman–Crippen MR) is 66.4 cm³/mol. The van der Waals surface area contributed by atoms with E-state index in [9.17, 15) is 0 Å². The average molecular weight is 219 g/mol. The van der Waals surface area contributed by atoms with E-state index in [1.165, 1.54) is 11.1 Å². The summed E-state index contributed by atoms with van der Waals surface area (Å²) in [5.41, 5.74) is 8.52. The highest BCUT2D eigenvalue weighted by Gasteiger charge is 2.19. The lowest BCUT2D eigenvalue weighted by molar-refractivity contribution is 0.0853. The lowest BCUT2D eigenvalue weighted by atomic mass is 9.87. The van der Waals surface area contributed by atoms with E-state index in [0.29, 0.717) is 5.92 Å². The molecular formula is C14H21NO. The van der Waals surface area contributed by atoms with Crippen molar-refractivity contribution in [1.29, 1.82) is 0 Å². The van der Waals surface area contributed by atoms with Crippen molar-refractivity contribution in [3.63, 3.8) is 0 Å². The van der Waals surface area contributed by atoms with Crippen molar-refractivity contribution in [2.45, 2.75) is 38.1 Å². The number of rotatable bonds is 2. The molecule has 1 aliphatic rings. The minimum atomic E-state index is -0.249. The molecule has 0 atom stereocenters. The highest BCUT2D eigenvalue weighted by molar-refractivity contribution is 5.30. The summed E-state index contributed by atoms with van der Waals surface area (Å²) in [5.74, 6) is 0.649. The van der Waals surface area contributed by atoms with Crippen LogP contribution in [0.2, 0.25) is 0 Å². The van der Waals surface area contributed by atoms with Crippen molar-refractivity contribution in [3.05, 3.63) is 35.4 Å². The third-order valence-corrected chi connectivity index (χ3v) is 3.32. The zero-order valence-electron chi connectivity index (χ0n) is 10.2. The summed E-state index contributed by atoms with van der Waals surface area (Å²) in [6, 6.07) is 8.71. The Morgan fingerprint density at radius 1 is 1.25 bits per heavy atom. The standard InChI is InChI=1S/C14H21NO/c1-14(2,15)13-5-3-4-12(10-13)11-6-8-16-9-7-11/h3-5,10-11H,6-9,15H2,1-2H3. The lowest BCUT2D eigenvalue weighted by Crippen LogP contribution is -2.28. The van der Waals surface area contributed by atoms with Crippen LogP contribution in [0.4, 0.5) is 0 Å². The van der Waals surface area contributed by atoms with Gasteiger partial charge in [-0.3, -0.25) is 0 Å². The van der Waals surface area contributed by atoms with Crippen LogP contribution >= 0.6 is 0 Å². The van der Waals surface area contributed by atoms with Crippen LogP contribution in [-0.2, 0) is 10.3 Å². The van der Waals surface area contributed by atoms with Gasteiger partial charge in [-0.05, 0) is 43.7 Å². The Kier molecular flexibility index (Phi) is 3.31. The number of ether oxygens (including phenoxy) is 1. The molecule has 0 radical (unpaired) electrons. The highest BCUT2D eigenvalue weighted by Crippen LogP contribution is 2.29. The molecule has 0 aliphatic carbocycles. The van der Waals surface area contributed by atoms with E-state index in [1.807, 2.05) is 0 Å². The molecule has 1 aromatic carbocycles. The first-order valence-electron chi connectivity index (χ1n) is 6.04. The number of hydrogen-bond donors (Lipinski definition) is 1. The molecule has 2 N–H and O–H groups in total. The smallest absolute Gasteiger partial charge is 0.0471 e. The predicted octanol–water partition coefficient (Wildman–Crippen LogP) is 2.77. The Morgan fingerprint density at radius 2 is 1.94 bits per heavy atom. The Morgan fingerprint density at radius 3 is 2.56 bits per heavy atom. The zero-order chi connectivity index (χ0) is 11.6. The summed E-state index contributed by atoms with van der Waals surface area (Å²) in [7, 11) is 0. The molecule has 0 unspecified atom stereocenters. The molecule has 88 valence electrons. The van der Waals surface area contributed by atoms with Gasteiger partial charge in [0.2, 0.25) is 0 Å². The van der Waals surface area contributed by atoms with Crippen molar-refractivity contribution >= 4 is 0 Å². The van der Waals surface area contributed by atoms with Crippen molar-refractivity contribution in [2.24, 2.45) is 5.73 Å². The van der Waals surface area contributed by atoms with Gasteiger partial charge in [0.25, 0.3) is 0 Å². The normalized spacial score (nSPS) is 18.7. The Bertz CT molecular complexity index is 348. The maximum Gasteiger partial charge on any atom is 0.0471 e. The van der Waals surface area contributed by atoms with Gasteiger partial charge < -0.3 is 10.5 Å². The van der Waals surface area contributed by atoms with Gasteiger partial charge in [0.05, 0.1) is 0 Å². The maximum atomic E-state index is 6.13. The maximum absolute atomic E-state index is 6.13. The molecule has 0 aromatic heterocycles. The van der Waals surface area contributed by atoms with Crippen LogP contribution < -0.4 is 5.73 Å². The molecule has 2 rings (SSSR count). The van der Waals surface area contributed by atoms with Crippen LogP contribution in [-0.4, -0.2) is 13.2 Å². The molecule has 0 amide bonds. The van der Waals surface area contributed by atoms with Crippen LogP contribution in [0, 0.1) is 0 Å². The van der Waals surface area contributed by atoms with E-state index in [2.05, 4.69) is 38.1 Å². The molecule has 1 fully saturated rings. The van der Waals surface area contributed by atoms with Gasteiger partial charge in [-0.1, -0.05) is 24.3 Å². The van der Waals surface area contributed by atoms with E-state index < -0.39 is 0 Å². The van der Waals surface area contributed by atoms with Gasteiger partial charge in [0.15, 0.2) is 0 Å². The van der Waals surface area contributed by atoms with Crippen LogP contribution in [0.25, 0.3) is 0 Å². The minimum Gasteiger partial charge on any atom is -0.381 e. The SMILES string of the molecule is CC(C)(N)c1cccc(C2CCOCC2)c1. The third-order valence-electron chi connectivity index (χ3n) is 3.32. The van der Waals surface area contributed by atoms with Gasteiger partial charge in [0, 0.05) is 18.8 Å². The van der Waals surface area contributed by atoms with Gasteiger partial charge >= 0.3 is 0 Å². The first kappa shape index (κ1) is 11.6. The van der Waals surface area contributed by atoms with Crippen LogP contribution in [0.15, 0.2) is 24.3 Å². The molecule has 2 nitrogen and oxygen atoms in total. The quantitative estimate of drug-likeness (QED) is 0.830. The summed E-state index contributed by atoms with van der Waals surface area (Å²) in [4.78, 5) is 0. The first-order valence-corrected chi connectivity index (χ1v) is 6.04. The molecule has 1 saturated heterocycles. The fraction of sp³-hybridized carbons (Fsp3) is 0.571. The van der Waals surface area contributed by atoms with E-state index in [4.69, 9.17) is 10.5 Å². The highest BCUT2D eigenvalue weighted by atomic mass is 16.5.